The van der Waals surface area contributed by atoms with Gasteiger partial charge in [-0.05, 0) is 48.4 Å². The van der Waals surface area contributed by atoms with Crippen LogP contribution in [0.1, 0.15) is 38.3 Å². The van der Waals surface area contributed by atoms with E-state index in [-0.39, 0.29) is 5.56 Å². The first-order valence-electron chi connectivity index (χ1n) is 10.0. The molecule has 1 heterocycles. The molecular formula is C27H19N3O2. The molecule has 0 saturated heterocycles. The lowest BCUT2D eigenvalue weighted by Gasteiger charge is -2.10. The van der Waals surface area contributed by atoms with E-state index in [0.29, 0.717) is 23.2 Å². The Labute approximate surface area is 185 Å². The molecule has 32 heavy (non-hydrogen) atoms. The molecule has 0 saturated carbocycles. The highest BCUT2D eigenvalue weighted by molar-refractivity contribution is 5.99. The van der Waals surface area contributed by atoms with E-state index in [1.165, 1.54) is 12.1 Å². The number of nitrogens with zero attached hydrogens (tertiary/aromatic N) is 3. The van der Waals surface area contributed by atoms with Gasteiger partial charge in [0.05, 0.1) is 28.8 Å². The molecule has 0 aliphatic rings. The zero-order chi connectivity index (χ0) is 22.7. The van der Waals surface area contributed by atoms with Gasteiger partial charge in [0.2, 0.25) is 0 Å². The van der Waals surface area contributed by atoms with Gasteiger partial charge in [0.25, 0.3) is 0 Å². The van der Waals surface area contributed by atoms with Crippen LogP contribution in [0.2, 0.25) is 0 Å². The number of para-hydroxylation sites is 1. The number of hydrogen-bond acceptors (Lipinski definition) is 3. The van der Waals surface area contributed by atoms with Crippen molar-refractivity contribution in [3.05, 3.63) is 106 Å². The highest BCUT2D eigenvalue weighted by Gasteiger charge is 2.15. The summed E-state index contributed by atoms with van der Waals surface area (Å²) in [4.78, 5) is 11.1. The smallest absolute Gasteiger partial charge is 0.335 e. The van der Waals surface area contributed by atoms with E-state index < -0.39 is 5.97 Å². The van der Waals surface area contributed by atoms with Gasteiger partial charge in [-0.25, -0.2) is 4.79 Å². The highest BCUT2D eigenvalue weighted by Crippen LogP contribution is 2.31. The van der Waals surface area contributed by atoms with Crippen LogP contribution in [0.25, 0.3) is 22.6 Å². The Bertz CT molecular complexity index is 1450. The van der Waals surface area contributed by atoms with Crippen molar-refractivity contribution in [1.29, 1.82) is 10.5 Å². The Morgan fingerprint density at radius 1 is 0.969 bits per heavy atom. The van der Waals surface area contributed by atoms with E-state index in [2.05, 4.69) is 16.7 Å². The average Bonchev–Trinajstić information content (AvgIpc) is 3.08. The minimum absolute atomic E-state index is 0.176. The number of carboxylic acids is 1. The molecule has 4 aromatic rings. The number of aromatic carboxylic acids is 1. The predicted octanol–water partition coefficient (Wildman–Crippen LogP) is 5.63. The number of benzene rings is 3. The van der Waals surface area contributed by atoms with Gasteiger partial charge in [-0.3, -0.25) is 0 Å². The Balaban J connectivity index is 1.84. The molecule has 4 rings (SSSR count). The fourth-order valence-electron chi connectivity index (χ4n) is 3.90. The predicted molar refractivity (Wildman–Crippen MR) is 124 cm³/mol. The molecule has 1 N–H and O–H groups in total. The average molecular weight is 417 g/mol. The molecule has 154 valence electrons. The summed E-state index contributed by atoms with van der Waals surface area (Å²) in [6.07, 6.45) is 1.85. The Morgan fingerprint density at radius 3 is 2.31 bits per heavy atom. The number of rotatable bonds is 5. The summed E-state index contributed by atoms with van der Waals surface area (Å²) in [7, 11) is 0. The van der Waals surface area contributed by atoms with E-state index >= 15 is 0 Å². The van der Waals surface area contributed by atoms with Crippen LogP contribution in [0.5, 0.6) is 0 Å². The standard InChI is InChI=1S/C27H19N3O2/c1-18-25(14-23(16-29)19-10-12-20(13-11-19)27(31)32)24-8-4-5-9-26(24)30(18)17-22-7-3-2-6-21(22)15-28/h2-14H,17H2,1H3,(H,31,32). The normalized spacial score (nSPS) is 11.2. The van der Waals surface area contributed by atoms with Gasteiger partial charge in [0.15, 0.2) is 0 Å². The molecule has 0 aliphatic heterocycles. The van der Waals surface area contributed by atoms with E-state index in [0.717, 1.165) is 27.7 Å². The lowest BCUT2D eigenvalue weighted by Crippen LogP contribution is -2.03. The largest absolute Gasteiger partial charge is 0.478 e. The van der Waals surface area contributed by atoms with Crippen LogP contribution < -0.4 is 0 Å². The van der Waals surface area contributed by atoms with Gasteiger partial charge in [-0.1, -0.05) is 48.5 Å². The topological polar surface area (TPSA) is 89.8 Å². The maximum absolute atomic E-state index is 11.1. The number of nitriles is 2. The second kappa shape index (κ2) is 8.63. The van der Waals surface area contributed by atoms with Crippen molar-refractivity contribution in [2.45, 2.75) is 13.5 Å². The van der Waals surface area contributed by atoms with E-state index in [9.17, 15) is 15.3 Å². The third-order valence-electron chi connectivity index (χ3n) is 5.60. The molecule has 0 aliphatic carbocycles. The van der Waals surface area contributed by atoms with Crippen LogP contribution in [0.15, 0.2) is 72.8 Å². The molecule has 0 atom stereocenters. The summed E-state index contributed by atoms with van der Waals surface area (Å²) >= 11 is 0. The number of allylic oxidation sites excluding steroid dienone is 1. The fraction of sp³-hybridized carbons (Fsp3) is 0.0741. The van der Waals surface area contributed by atoms with Gasteiger partial charge < -0.3 is 9.67 Å². The molecule has 0 fully saturated rings. The molecule has 1 aromatic heterocycles. The van der Waals surface area contributed by atoms with Crippen molar-refractivity contribution in [2.75, 3.05) is 0 Å². The summed E-state index contributed by atoms with van der Waals surface area (Å²) in [6.45, 7) is 2.54. The van der Waals surface area contributed by atoms with Crippen molar-refractivity contribution in [3.63, 3.8) is 0 Å². The van der Waals surface area contributed by atoms with Gasteiger partial charge in [0, 0.05) is 28.7 Å². The minimum atomic E-state index is -1.00. The molecule has 5 heteroatoms. The lowest BCUT2D eigenvalue weighted by molar-refractivity contribution is 0.0697. The second-order valence-corrected chi connectivity index (χ2v) is 7.42. The van der Waals surface area contributed by atoms with Crippen molar-refractivity contribution in [1.82, 2.24) is 4.57 Å². The first kappa shape index (κ1) is 20.7. The van der Waals surface area contributed by atoms with Gasteiger partial charge >= 0.3 is 5.97 Å². The minimum Gasteiger partial charge on any atom is -0.478 e. The second-order valence-electron chi connectivity index (χ2n) is 7.42. The van der Waals surface area contributed by atoms with Crippen molar-refractivity contribution < 1.29 is 9.90 Å². The maximum atomic E-state index is 11.1. The fourth-order valence-corrected chi connectivity index (χ4v) is 3.90. The Morgan fingerprint density at radius 2 is 1.62 bits per heavy atom. The first-order valence-corrected chi connectivity index (χ1v) is 10.0. The quantitative estimate of drug-likeness (QED) is 0.426. The molecule has 0 spiro atoms. The van der Waals surface area contributed by atoms with Gasteiger partial charge in [-0.15, -0.1) is 0 Å². The lowest BCUT2D eigenvalue weighted by atomic mass is 10.0. The Hall–Kier alpha value is -4.61. The molecule has 0 bridgehead atoms. The molecule has 5 nitrogen and oxygen atoms in total. The van der Waals surface area contributed by atoms with E-state index in [1.54, 1.807) is 12.1 Å². The molecule has 3 aromatic carbocycles. The molecular weight excluding hydrogens is 398 g/mol. The number of hydrogen-bond donors (Lipinski definition) is 1. The molecule has 0 radical (unpaired) electrons. The summed E-state index contributed by atoms with van der Waals surface area (Å²) in [5.41, 5.74) is 5.77. The summed E-state index contributed by atoms with van der Waals surface area (Å²) in [6, 6.07) is 26.3. The van der Waals surface area contributed by atoms with Crippen LogP contribution in [-0.2, 0) is 6.54 Å². The zero-order valence-corrected chi connectivity index (χ0v) is 17.4. The van der Waals surface area contributed by atoms with Crippen LogP contribution in [-0.4, -0.2) is 15.6 Å². The highest BCUT2D eigenvalue weighted by atomic mass is 16.4. The summed E-state index contributed by atoms with van der Waals surface area (Å²) in [5.74, 6) is -1.00. The number of carboxylic acid groups (broad SMARTS) is 1. The SMILES string of the molecule is Cc1c(C=C(C#N)c2ccc(C(=O)O)cc2)c2ccccc2n1Cc1ccccc1C#N. The van der Waals surface area contributed by atoms with Crippen LogP contribution >= 0.6 is 0 Å². The maximum Gasteiger partial charge on any atom is 0.335 e. The van der Waals surface area contributed by atoms with Gasteiger partial charge in [0.1, 0.15) is 0 Å². The first-order chi connectivity index (χ1) is 15.5. The molecule has 0 unspecified atom stereocenters. The van der Waals surface area contributed by atoms with E-state index in [4.69, 9.17) is 5.11 Å². The van der Waals surface area contributed by atoms with Crippen LogP contribution in [0, 0.1) is 29.6 Å². The summed E-state index contributed by atoms with van der Waals surface area (Å²) < 4.78 is 2.15. The zero-order valence-electron chi connectivity index (χ0n) is 17.4. The van der Waals surface area contributed by atoms with Crippen LogP contribution in [0.3, 0.4) is 0 Å². The number of aromatic nitrogens is 1. The number of fused-ring (bicyclic) bond motifs is 1. The number of carbonyl (C=O) groups is 1. The third-order valence-corrected chi connectivity index (χ3v) is 5.60. The van der Waals surface area contributed by atoms with Crippen LogP contribution in [0.4, 0.5) is 0 Å². The van der Waals surface area contributed by atoms with Crippen molar-refractivity contribution >= 4 is 28.5 Å². The van der Waals surface area contributed by atoms with Crippen molar-refractivity contribution in [3.8, 4) is 12.1 Å². The third kappa shape index (κ3) is 3.76. The van der Waals surface area contributed by atoms with Crippen molar-refractivity contribution in [2.24, 2.45) is 0 Å². The monoisotopic (exact) mass is 417 g/mol. The Kier molecular flexibility index (Phi) is 5.57. The summed E-state index contributed by atoms with van der Waals surface area (Å²) in [5, 5.41) is 29.4. The van der Waals surface area contributed by atoms with E-state index in [1.807, 2.05) is 61.5 Å². The van der Waals surface area contributed by atoms with Gasteiger partial charge in [-0.2, -0.15) is 10.5 Å². The molecule has 0 amide bonds.